The van der Waals surface area contributed by atoms with Crippen molar-refractivity contribution in [1.82, 2.24) is 0 Å². The van der Waals surface area contributed by atoms with Crippen LogP contribution in [0.25, 0.3) is 0 Å². The molecule has 0 saturated carbocycles. The molecule has 0 aliphatic heterocycles. The van der Waals surface area contributed by atoms with E-state index in [1.807, 2.05) is 31.2 Å². The van der Waals surface area contributed by atoms with Crippen molar-refractivity contribution in [2.45, 2.75) is 31.9 Å². The maximum Gasteiger partial charge on any atom is 0.316 e. The second-order valence-corrected chi connectivity index (χ2v) is 5.67. The van der Waals surface area contributed by atoms with Crippen LogP contribution in [0.1, 0.15) is 25.3 Å². The molecule has 0 bridgehead atoms. The van der Waals surface area contributed by atoms with Crippen LogP contribution in [0, 0.1) is 6.92 Å². The molecule has 0 heterocycles. The topological polar surface area (TPSA) is 46.5 Å². The number of carboxylic acids is 1. The molecule has 1 aromatic carbocycles. The maximum atomic E-state index is 10.6. The maximum absolute atomic E-state index is 10.6. The summed E-state index contributed by atoms with van der Waals surface area (Å²) < 4.78 is 5.62. The number of aryl methyl sites for hydroxylation is 1. The lowest BCUT2D eigenvalue weighted by Crippen LogP contribution is -2.12. The van der Waals surface area contributed by atoms with Gasteiger partial charge in [0.1, 0.15) is 5.75 Å². The van der Waals surface area contributed by atoms with Crippen LogP contribution in [0.15, 0.2) is 24.3 Å². The largest absolute Gasteiger partial charge is 0.494 e. The van der Waals surface area contributed by atoms with Crippen molar-refractivity contribution in [1.29, 1.82) is 0 Å². The molecule has 0 saturated heterocycles. The number of carboxylic acid groups (broad SMARTS) is 1. The molecule has 3 nitrogen and oxygen atoms in total. The predicted molar refractivity (Wildman–Crippen MR) is 75.5 cm³/mol. The third-order valence-electron chi connectivity index (χ3n) is 2.51. The molecule has 1 rings (SSSR count). The van der Waals surface area contributed by atoms with E-state index in [1.165, 1.54) is 17.3 Å². The van der Waals surface area contributed by atoms with Gasteiger partial charge in [0.2, 0.25) is 0 Å². The molecule has 0 fully saturated rings. The van der Waals surface area contributed by atoms with Crippen LogP contribution in [0.4, 0.5) is 0 Å². The summed E-state index contributed by atoms with van der Waals surface area (Å²) in [6.45, 7) is 4.44. The molecule has 0 aliphatic carbocycles. The van der Waals surface area contributed by atoms with Gasteiger partial charge in [-0.3, -0.25) is 4.79 Å². The summed E-state index contributed by atoms with van der Waals surface area (Å²) in [6, 6.07) is 7.99. The van der Waals surface area contributed by atoms with Crippen LogP contribution in [0.2, 0.25) is 0 Å². The molecule has 0 aromatic heterocycles. The van der Waals surface area contributed by atoms with Crippen LogP contribution in [-0.2, 0) is 4.79 Å². The van der Waals surface area contributed by atoms with Crippen molar-refractivity contribution >= 4 is 17.7 Å². The van der Waals surface area contributed by atoms with Crippen LogP contribution >= 0.6 is 11.8 Å². The third kappa shape index (κ3) is 5.96. The Morgan fingerprint density at radius 1 is 1.44 bits per heavy atom. The molecule has 1 unspecified atom stereocenters. The number of carbonyl (C=O) groups is 1. The summed E-state index contributed by atoms with van der Waals surface area (Å²) in [5.74, 6) is 1.03. The van der Waals surface area contributed by atoms with Gasteiger partial charge in [-0.15, -0.1) is 11.8 Å². The second-order valence-electron chi connectivity index (χ2n) is 4.22. The first-order valence-electron chi connectivity index (χ1n) is 6.13. The summed E-state index contributed by atoms with van der Waals surface area (Å²) in [7, 11) is 0. The van der Waals surface area contributed by atoms with Gasteiger partial charge < -0.3 is 9.84 Å². The zero-order chi connectivity index (χ0) is 13.4. The Kier molecular flexibility index (Phi) is 6.65. The lowest BCUT2D eigenvalue weighted by atomic mass is 10.2. The minimum atomic E-state index is -0.740. The van der Waals surface area contributed by atoms with Crippen molar-refractivity contribution in [2.24, 2.45) is 0 Å². The number of aliphatic carboxylic acids is 1. The fourth-order valence-corrected chi connectivity index (χ4v) is 2.30. The SMILES string of the molecule is Cc1cccc(OCCCCSC(C)C(=O)O)c1. The van der Waals surface area contributed by atoms with Gasteiger partial charge in [-0.05, 0) is 50.1 Å². The van der Waals surface area contributed by atoms with E-state index in [2.05, 4.69) is 0 Å². The highest BCUT2D eigenvalue weighted by atomic mass is 32.2. The molecule has 100 valence electrons. The van der Waals surface area contributed by atoms with Gasteiger partial charge in [0, 0.05) is 0 Å². The van der Waals surface area contributed by atoms with Gasteiger partial charge in [-0.1, -0.05) is 12.1 Å². The predicted octanol–water partition coefficient (Wildman–Crippen LogP) is 3.36. The first-order chi connectivity index (χ1) is 8.59. The number of hydrogen-bond donors (Lipinski definition) is 1. The molecule has 4 heteroatoms. The minimum absolute atomic E-state index is 0.317. The Balaban J connectivity index is 2.07. The number of ether oxygens (including phenoxy) is 1. The van der Waals surface area contributed by atoms with Crippen LogP contribution in [0.3, 0.4) is 0 Å². The Labute approximate surface area is 113 Å². The number of thioether (sulfide) groups is 1. The fourth-order valence-electron chi connectivity index (χ4n) is 1.43. The highest BCUT2D eigenvalue weighted by Gasteiger charge is 2.09. The molecule has 0 spiro atoms. The van der Waals surface area contributed by atoms with Gasteiger partial charge in [-0.25, -0.2) is 0 Å². The standard InChI is InChI=1S/C14H20O3S/c1-11-6-5-7-13(10-11)17-8-3-4-9-18-12(2)14(15)16/h5-7,10,12H,3-4,8-9H2,1-2H3,(H,15,16). The first kappa shape index (κ1) is 14.9. The van der Waals surface area contributed by atoms with Gasteiger partial charge in [-0.2, -0.15) is 0 Å². The monoisotopic (exact) mass is 268 g/mol. The summed E-state index contributed by atoms with van der Waals surface area (Å²) >= 11 is 1.48. The minimum Gasteiger partial charge on any atom is -0.494 e. The normalized spacial score (nSPS) is 12.1. The number of benzene rings is 1. The van der Waals surface area contributed by atoms with E-state index >= 15 is 0 Å². The van der Waals surface area contributed by atoms with Crippen LogP contribution < -0.4 is 4.74 Å². The van der Waals surface area contributed by atoms with Crippen molar-refractivity contribution in [3.63, 3.8) is 0 Å². The summed E-state index contributed by atoms with van der Waals surface area (Å²) in [5.41, 5.74) is 1.19. The molecular weight excluding hydrogens is 248 g/mol. The molecule has 1 N–H and O–H groups in total. The highest BCUT2D eigenvalue weighted by molar-refractivity contribution is 8.00. The summed E-state index contributed by atoms with van der Waals surface area (Å²) in [4.78, 5) is 10.6. The van der Waals surface area contributed by atoms with E-state index in [0.717, 1.165) is 24.3 Å². The summed E-state index contributed by atoms with van der Waals surface area (Å²) in [6.07, 6.45) is 1.93. The van der Waals surface area contributed by atoms with Crippen molar-refractivity contribution in [2.75, 3.05) is 12.4 Å². The lowest BCUT2D eigenvalue weighted by Gasteiger charge is -2.08. The number of hydrogen-bond acceptors (Lipinski definition) is 3. The van der Waals surface area contributed by atoms with E-state index in [9.17, 15) is 4.79 Å². The van der Waals surface area contributed by atoms with E-state index in [4.69, 9.17) is 9.84 Å². The van der Waals surface area contributed by atoms with Crippen LogP contribution in [0.5, 0.6) is 5.75 Å². The quantitative estimate of drug-likeness (QED) is 0.734. The van der Waals surface area contributed by atoms with E-state index in [1.54, 1.807) is 6.92 Å². The van der Waals surface area contributed by atoms with Gasteiger partial charge >= 0.3 is 5.97 Å². The van der Waals surface area contributed by atoms with Crippen molar-refractivity contribution < 1.29 is 14.6 Å². The summed E-state index contributed by atoms with van der Waals surface area (Å²) in [5, 5.41) is 8.40. The Hall–Kier alpha value is -1.16. The molecule has 0 radical (unpaired) electrons. The van der Waals surface area contributed by atoms with Gasteiger partial charge in [0.05, 0.1) is 11.9 Å². The zero-order valence-electron chi connectivity index (χ0n) is 10.9. The highest BCUT2D eigenvalue weighted by Crippen LogP contribution is 2.15. The average Bonchev–Trinajstić information content (AvgIpc) is 2.33. The first-order valence-corrected chi connectivity index (χ1v) is 7.18. The second kappa shape index (κ2) is 8.03. The van der Waals surface area contributed by atoms with Gasteiger partial charge in [0.15, 0.2) is 0 Å². The molecule has 1 aromatic rings. The van der Waals surface area contributed by atoms with Crippen molar-refractivity contribution in [3.8, 4) is 5.75 Å². The van der Waals surface area contributed by atoms with Crippen molar-refractivity contribution in [3.05, 3.63) is 29.8 Å². The van der Waals surface area contributed by atoms with Crippen LogP contribution in [-0.4, -0.2) is 28.7 Å². The smallest absolute Gasteiger partial charge is 0.316 e. The third-order valence-corrected chi connectivity index (χ3v) is 3.74. The zero-order valence-corrected chi connectivity index (χ0v) is 11.7. The fraction of sp³-hybridized carbons (Fsp3) is 0.500. The van der Waals surface area contributed by atoms with Gasteiger partial charge in [0.25, 0.3) is 0 Å². The van der Waals surface area contributed by atoms with E-state index in [-0.39, 0.29) is 5.25 Å². The number of unbranched alkanes of at least 4 members (excludes halogenated alkanes) is 1. The van der Waals surface area contributed by atoms with E-state index in [0.29, 0.717) is 6.61 Å². The molecule has 1 atom stereocenters. The number of rotatable bonds is 8. The average molecular weight is 268 g/mol. The Morgan fingerprint density at radius 2 is 2.22 bits per heavy atom. The molecule has 0 amide bonds. The Morgan fingerprint density at radius 3 is 2.89 bits per heavy atom. The molecule has 18 heavy (non-hydrogen) atoms. The lowest BCUT2D eigenvalue weighted by molar-refractivity contribution is -0.136. The van der Waals surface area contributed by atoms with E-state index < -0.39 is 5.97 Å². The molecule has 0 aliphatic rings. The Bertz CT molecular complexity index is 379. The molecular formula is C14H20O3S.